The van der Waals surface area contributed by atoms with Crippen LogP contribution in [0.15, 0.2) is 30.3 Å². The summed E-state index contributed by atoms with van der Waals surface area (Å²) in [4.78, 5) is 9.59. The number of benzene rings is 1. The summed E-state index contributed by atoms with van der Waals surface area (Å²) in [5, 5.41) is 1.26. The molecule has 122 valence electrons. The van der Waals surface area contributed by atoms with Gasteiger partial charge in [0.1, 0.15) is 0 Å². The molecule has 0 saturated carbocycles. The summed E-state index contributed by atoms with van der Waals surface area (Å²) < 4.78 is 6.19. The molecule has 1 aromatic heterocycles. The first-order valence-electron chi connectivity index (χ1n) is 8.59. The van der Waals surface area contributed by atoms with Crippen LogP contribution in [-0.4, -0.2) is 55.3 Å². The summed E-state index contributed by atoms with van der Waals surface area (Å²) in [6.07, 6.45) is 2.21. The number of piperidine rings is 1. The molecule has 4 rings (SSSR count). The van der Waals surface area contributed by atoms with E-state index in [2.05, 4.69) is 59.1 Å². The SMILES string of the molecule is Cc1cc(N2CCC3(CC2)CN(C)CCO3)c2ccccc2n1. The van der Waals surface area contributed by atoms with Crippen LogP contribution in [0.4, 0.5) is 5.69 Å². The van der Waals surface area contributed by atoms with Crippen LogP contribution in [0, 0.1) is 6.92 Å². The third-order valence-corrected chi connectivity index (χ3v) is 5.28. The average molecular weight is 311 g/mol. The van der Waals surface area contributed by atoms with Crippen molar-refractivity contribution in [2.45, 2.75) is 25.4 Å². The summed E-state index contributed by atoms with van der Waals surface area (Å²) in [6.45, 7) is 7.19. The van der Waals surface area contributed by atoms with Crippen LogP contribution in [0.25, 0.3) is 10.9 Å². The van der Waals surface area contributed by atoms with E-state index in [1.807, 2.05) is 0 Å². The number of aryl methyl sites for hydroxylation is 1. The molecule has 0 amide bonds. The Bertz CT molecular complexity index is 707. The largest absolute Gasteiger partial charge is 0.372 e. The van der Waals surface area contributed by atoms with Gasteiger partial charge in [0, 0.05) is 42.9 Å². The summed E-state index contributed by atoms with van der Waals surface area (Å²) in [7, 11) is 2.20. The zero-order chi connectivity index (χ0) is 15.9. The van der Waals surface area contributed by atoms with Crippen molar-refractivity contribution in [1.29, 1.82) is 0 Å². The van der Waals surface area contributed by atoms with Gasteiger partial charge >= 0.3 is 0 Å². The molecule has 3 heterocycles. The number of hydrogen-bond donors (Lipinski definition) is 0. The van der Waals surface area contributed by atoms with Gasteiger partial charge in [-0.25, -0.2) is 0 Å². The summed E-state index contributed by atoms with van der Waals surface area (Å²) in [5.41, 5.74) is 3.58. The van der Waals surface area contributed by atoms with Crippen LogP contribution in [0.1, 0.15) is 18.5 Å². The molecule has 2 aromatic rings. The Balaban J connectivity index is 1.59. The number of morpholine rings is 1. The fourth-order valence-corrected chi connectivity index (χ4v) is 4.04. The molecule has 4 heteroatoms. The fourth-order valence-electron chi connectivity index (χ4n) is 4.04. The molecule has 2 fully saturated rings. The lowest BCUT2D eigenvalue weighted by atomic mass is 9.89. The number of rotatable bonds is 1. The van der Waals surface area contributed by atoms with Crippen LogP contribution < -0.4 is 4.90 Å². The van der Waals surface area contributed by atoms with E-state index >= 15 is 0 Å². The van der Waals surface area contributed by atoms with Gasteiger partial charge < -0.3 is 14.5 Å². The van der Waals surface area contributed by atoms with E-state index in [1.165, 1.54) is 11.1 Å². The van der Waals surface area contributed by atoms with E-state index < -0.39 is 0 Å². The minimum atomic E-state index is 0.0708. The van der Waals surface area contributed by atoms with Gasteiger partial charge in [-0.1, -0.05) is 18.2 Å². The number of likely N-dealkylation sites (N-methyl/N-ethyl adjacent to an activating group) is 1. The van der Waals surface area contributed by atoms with E-state index in [-0.39, 0.29) is 5.60 Å². The van der Waals surface area contributed by atoms with Crippen LogP contribution in [0.2, 0.25) is 0 Å². The molecule has 0 unspecified atom stereocenters. The Morgan fingerprint density at radius 2 is 1.91 bits per heavy atom. The van der Waals surface area contributed by atoms with Crippen LogP contribution in [0.5, 0.6) is 0 Å². The van der Waals surface area contributed by atoms with Crippen molar-refractivity contribution in [2.75, 3.05) is 44.7 Å². The minimum Gasteiger partial charge on any atom is -0.372 e. The molecule has 2 aliphatic heterocycles. The summed E-state index contributed by atoms with van der Waals surface area (Å²) in [6, 6.07) is 10.7. The number of ether oxygens (including phenoxy) is 1. The number of nitrogens with zero attached hydrogens (tertiary/aromatic N) is 3. The van der Waals surface area contributed by atoms with Gasteiger partial charge in [0.05, 0.1) is 17.7 Å². The highest BCUT2D eigenvalue weighted by Crippen LogP contribution is 2.34. The van der Waals surface area contributed by atoms with Crippen LogP contribution >= 0.6 is 0 Å². The maximum atomic E-state index is 6.19. The second kappa shape index (κ2) is 5.77. The predicted molar refractivity (Wildman–Crippen MR) is 94.1 cm³/mol. The molecule has 2 saturated heterocycles. The number of aromatic nitrogens is 1. The monoisotopic (exact) mass is 311 g/mol. The van der Waals surface area contributed by atoms with Crippen LogP contribution in [0.3, 0.4) is 0 Å². The fraction of sp³-hybridized carbons (Fsp3) is 0.526. The van der Waals surface area contributed by atoms with Crippen molar-refractivity contribution in [1.82, 2.24) is 9.88 Å². The smallest absolute Gasteiger partial charge is 0.0842 e. The topological polar surface area (TPSA) is 28.6 Å². The highest BCUT2D eigenvalue weighted by atomic mass is 16.5. The van der Waals surface area contributed by atoms with Gasteiger partial charge in [-0.05, 0) is 38.9 Å². The molecule has 1 aromatic carbocycles. The van der Waals surface area contributed by atoms with Gasteiger partial charge in [0.15, 0.2) is 0 Å². The van der Waals surface area contributed by atoms with Crippen LogP contribution in [-0.2, 0) is 4.74 Å². The minimum absolute atomic E-state index is 0.0708. The zero-order valence-electron chi connectivity index (χ0n) is 14.1. The highest BCUT2D eigenvalue weighted by molar-refractivity contribution is 5.92. The summed E-state index contributed by atoms with van der Waals surface area (Å²) in [5.74, 6) is 0. The van der Waals surface area contributed by atoms with Crippen molar-refractivity contribution < 1.29 is 4.74 Å². The first kappa shape index (κ1) is 14.9. The number of anilines is 1. The molecule has 1 spiro atoms. The average Bonchev–Trinajstić information content (AvgIpc) is 2.55. The zero-order valence-corrected chi connectivity index (χ0v) is 14.1. The van der Waals surface area contributed by atoms with E-state index in [4.69, 9.17) is 4.74 Å². The Labute approximate surface area is 138 Å². The van der Waals surface area contributed by atoms with Gasteiger partial charge in [-0.2, -0.15) is 0 Å². The van der Waals surface area contributed by atoms with E-state index in [9.17, 15) is 0 Å². The second-order valence-electron chi connectivity index (χ2n) is 7.06. The Morgan fingerprint density at radius 1 is 1.13 bits per heavy atom. The molecule has 0 aliphatic carbocycles. The quantitative estimate of drug-likeness (QED) is 0.810. The predicted octanol–water partition coefficient (Wildman–Crippen LogP) is 2.84. The lowest BCUT2D eigenvalue weighted by Crippen LogP contribution is -2.56. The standard InChI is InChI=1S/C19H25N3O/c1-15-13-18(16-5-3-4-6-17(16)20-15)22-9-7-19(8-10-22)14-21(2)11-12-23-19/h3-6,13H,7-12,14H2,1-2H3. The van der Waals surface area contributed by atoms with E-state index in [0.29, 0.717) is 0 Å². The highest BCUT2D eigenvalue weighted by Gasteiger charge is 2.39. The third kappa shape index (κ3) is 2.81. The van der Waals surface area contributed by atoms with Crippen molar-refractivity contribution in [3.8, 4) is 0 Å². The Hall–Kier alpha value is -1.65. The molecule has 0 radical (unpaired) electrons. The van der Waals surface area contributed by atoms with Crippen molar-refractivity contribution >= 4 is 16.6 Å². The van der Waals surface area contributed by atoms with Crippen molar-refractivity contribution in [2.24, 2.45) is 0 Å². The number of para-hydroxylation sites is 1. The normalized spacial score (nSPS) is 21.9. The number of fused-ring (bicyclic) bond motifs is 1. The van der Waals surface area contributed by atoms with Crippen molar-refractivity contribution in [3.05, 3.63) is 36.0 Å². The molecular weight excluding hydrogens is 286 g/mol. The third-order valence-electron chi connectivity index (χ3n) is 5.28. The van der Waals surface area contributed by atoms with E-state index in [0.717, 1.165) is 56.8 Å². The van der Waals surface area contributed by atoms with E-state index in [1.54, 1.807) is 0 Å². The van der Waals surface area contributed by atoms with Crippen molar-refractivity contribution in [3.63, 3.8) is 0 Å². The van der Waals surface area contributed by atoms with Gasteiger partial charge in [-0.15, -0.1) is 0 Å². The lowest BCUT2D eigenvalue weighted by Gasteiger charge is -2.47. The molecule has 23 heavy (non-hydrogen) atoms. The van der Waals surface area contributed by atoms with Gasteiger partial charge in [0.2, 0.25) is 0 Å². The van der Waals surface area contributed by atoms with Gasteiger partial charge in [0.25, 0.3) is 0 Å². The first-order valence-corrected chi connectivity index (χ1v) is 8.59. The van der Waals surface area contributed by atoms with Gasteiger partial charge in [-0.3, -0.25) is 4.98 Å². The molecule has 0 atom stereocenters. The first-order chi connectivity index (χ1) is 11.2. The molecular formula is C19H25N3O. The molecule has 0 bridgehead atoms. The molecule has 0 N–H and O–H groups in total. The Kier molecular flexibility index (Phi) is 3.74. The number of hydrogen-bond acceptors (Lipinski definition) is 4. The number of pyridine rings is 1. The summed E-state index contributed by atoms with van der Waals surface area (Å²) >= 11 is 0. The molecule has 2 aliphatic rings. The maximum absolute atomic E-state index is 6.19. The molecule has 4 nitrogen and oxygen atoms in total. The second-order valence-corrected chi connectivity index (χ2v) is 7.06. The lowest BCUT2D eigenvalue weighted by molar-refractivity contribution is -0.115. The maximum Gasteiger partial charge on any atom is 0.0842 e. The Morgan fingerprint density at radius 3 is 2.70 bits per heavy atom.